The van der Waals surface area contributed by atoms with Crippen molar-refractivity contribution in [1.29, 1.82) is 0 Å². The van der Waals surface area contributed by atoms with Crippen molar-refractivity contribution in [2.24, 2.45) is 5.41 Å². The van der Waals surface area contributed by atoms with Gasteiger partial charge in [0.05, 0.1) is 26.2 Å². The number of ether oxygens (including phenoxy) is 4. The summed E-state index contributed by atoms with van der Waals surface area (Å²) in [5.41, 5.74) is 0.912. The van der Waals surface area contributed by atoms with E-state index in [0.717, 1.165) is 25.3 Å². The number of nitrogens with one attached hydrogen (secondary N) is 1. The Balaban J connectivity index is 1.39. The van der Waals surface area contributed by atoms with Crippen LogP contribution in [-0.4, -0.2) is 68.5 Å². The molecule has 0 saturated carbocycles. The van der Waals surface area contributed by atoms with Crippen LogP contribution in [0.15, 0.2) is 42.5 Å². The molecule has 2 aromatic carbocycles. The number of fused-ring (bicyclic) bond motifs is 1. The number of carbonyl (C=O) groups is 1. The Bertz CT molecular complexity index is 994. The summed E-state index contributed by atoms with van der Waals surface area (Å²) in [6.07, 6.45) is 0.381. The highest BCUT2D eigenvalue weighted by atomic mass is 16.6. The summed E-state index contributed by atoms with van der Waals surface area (Å²) in [6.45, 7) is 8.14. The number of amides is 1. The van der Waals surface area contributed by atoms with E-state index in [1.54, 1.807) is 25.3 Å². The van der Waals surface area contributed by atoms with Crippen molar-refractivity contribution in [2.75, 3.05) is 46.6 Å². The van der Waals surface area contributed by atoms with Crippen molar-refractivity contribution in [1.82, 2.24) is 10.2 Å². The Hall–Kier alpha value is -2.97. The largest absolute Gasteiger partial charge is 0.497 e. The van der Waals surface area contributed by atoms with Crippen LogP contribution in [-0.2, 0) is 4.79 Å². The van der Waals surface area contributed by atoms with Gasteiger partial charge in [-0.05, 0) is 60.3 Å². The second-order valence-corrected chi connectivity index (χ2v) is 9.95. The fourth-order valence-corrected chi connectivity index (χ4v) is 4.57. The summed E-state index contributed by atoms with van der Waals surface area (Å²) in [6, 6.07) is 12.2. The third-order valence-corrected chi connectivity index (χ3v) is 6.50. The summed E-state index contributed by atoms with van der Waals surface area (Å²) in [5, 5.41) is 14.3. The Morgan fingerprint density at radius 3 is 2.51 bits per heavy atom. The number of hydrogen-bond donors (Lipinski definition) is 2. The molecule has 190 valence electrons. The molecule has 4 rings (SSSR count). The normalized spacial score (nSPS) is 18.5. The van der Waals surface area contributed by atoms with Gasteiger partial charge in [-0.1, -0.05) is 19.9 Å². The topological polar surface area (TPSA) is 89.5 Å². The van der Waals surface area contributed by atoms with E-state index in [2.05, 4.69) is 24.1 Å². The second-order valence-electron chi connectivity index (χ2n) is 9.95. The molecule has 2 heterocycles. The minimum absolute atomic E-state index is 0.168. The van der Waals surface area contributed by atoms with Gasteiger partial charge >= 0.3 is 0 Å². The lowest BCUT2D eigenvalue weighted by Crippen LogP contribution is -2.47. The molecule has 1 unspecified atom stereocenters. The van der Waals surface area contributed by atoms with Crippen molar-refractivity contribution >= 4 is 5.91 Å². The van der Waals surface area contributed by atoms with Crippen LogP contribution in [0.25, 0.3) is 0 Å². The Morgan fingerprint density at radius 1 is 1.11 bits per heavy atom. The molecule has 2 atom stereocenters. The van der Waals surface area contributed by atoms with E-state index in [9.17, 15) is 9.90 Å². The van der Waals surface area contributed by atoms with Crippen LogP contribution >= 0.6 is 0 Å². The first-order valence-electron chi connectivity index (χ1n) is 12.2. The first-order valence-corrected chi connectivity index (χ1v) is 12.2. The van der Waals surface area contributed by atoms with Crippen molar-refractivity contribution in [3.05, 3.63) is 48.0 Å². The molecule has 2 aromatic rings. The number of methoxy groups -OCH3 is 1. The van der Waals surface area contributed by atoms with Gasteiger partial charge in [-0.2, -0.15) is 0 Å². The van der Waals surface area contributed by atoms with E-state index >= 15 is 0 Å². The molecule has 8 nitrogen and oxygen atoms in total. The number of rotatable bonds is 10. The number of likely N-dealkylation sites (tertiary alicyclic amines) is 1. The van der Waals surface area contributed by atoms with Gasteiger partial charge in [-0.3, -0.25) is 4.79 Å². The standard InChI is InChI=1S/C27H36N2O6/c1-27(2)11-12-29(18-27)17-22(26(31)19-4-9-23-24(16-19)35-15-14-34-23)28-25(30)10-13-33-21-7-5-20(32-3)6-8-21/h4-9,16,22,26,31H,10-15,17-18H2,1-3H3,(H,28,30)/t22?,26-/m0/s1. The van der Waals surface area contributed by atoms with Gasteiger partial charge < -0.3 is 34.3 Å². The summed E-state index contributed by atoms with van der Waals surface area (Å²) < 4.78 is 22.1. The molecule has 0 bridgehead atoms. The molecule has 1 saturated heterocycles. The molecule has 0 aromatic heterocycles. The molecule has 1 amide bonds. The van der Waals surface area contributed by atoms with Gasteiger partial charge in [-0.25, -0.2) is 0 Å². The first kappa shape index (κ1) is 25.1. The van der Waals surface area contributed by atoms with E-state index < -0.39 is 12.1 Å². The van der Waals surface area contributed by atoms with Crippen LogP contribution in [0.3, 0.4) is 0 Å². The molecule has 0 aliphatic carbocycles. The van der Waals surface area contributed by atoms with E-state index in [1.807, 2.05) is 24.3 Å². The second kappa shape index (κ2) is 11.2. The fraction of sp³-hybridized carbons (Fsp3) is 0.519. The lowest BCUT2D eigenvalue weighted by molar-refractivity contribution is -0.123. The Kier molecular flexibility index (Phi) is 8.03. The highest BCUT2D eigenvalue weighted by molar-refractivity contribution is 5.76. The molecule has 2 N–H and O–H groups in total. The predicted molar refractivity (Wildman–Crippen MR) is 132 cm³/mol. The number of carbonyl (C=O) groups excluding carboxylic acids is 1. The molecular formula is C27H36N2O6. The number of aliphatic hydroxyl groups is 1. The first-order chi connectivity index (χ1) is 16.8. The lowest BCUT2D eigenvalue weighted by atomic mass is 9.93. The van der Waals surface area contributed by atoms with Gasteiger partial charge in [0.15, 0.2) is 11.5 Å². The third kappa shape index (κ3) is 6.80. The summed E-state index contributed by atoms with van der Waals surface area (Å²) in [4.78, 5) is 15.1. The zero-order chi connectivity index (χ0) is 24.8. The monoisotopic (exact) mass is 484 g/mol. The maximum absolute atomic E-state index is 12.8. The smallest absolute Gasteiger partial charge is 0.223 e. The average Bonchev–Trinajstić information content (AvgIpc) is 3.21. The highest BCUT2D eigenvalue weighted by Gasteiger charge is 2.33. The Morgan fingerprint density at radius 2 is 1.83 bits per heavy atom. The van der Waals surface area contributed by atoms with Gasteiger partial charge in [0.1, 0.15) is 30.8 Å². The van der Waals surface area contributed by atoms with Crippen LogP contribution in [0.4, 0.5) is 0 Å². The summed E-state index contributed by atoms with van der Waals surface area (Å²) in [5.74, 6) is 2.54. The zero-order valence-corrected chi connectivity index (χ0v) is 20.8. The van der Waals surface area contributed by atoms with Crippen LogP contribution in [0.1, 0.15) is 38.4 Å². The van der Waals surface area contributed by atoms with Crippen molar-refractivity contribution in [2.45, 2.75) is 38.8 Å². The molecule has 8 heteroatoms. The highest BCUT2D eigenvalue weighted by Crippen LogP contribution is 2.34. The van der Waals surface area contributed by atoms with Crippen molar-refractivity contribution in [3.63, 3.8) is 0 Å². The number of aliphatic hydroxyl groups excluding tert-OH is 1. The molecule has 0 spiro atoms. The van der Waals surface area contributed by atoms with E-state index in [0.29, 0.717) is 42.6 Å². The lowest BCUT2D eigenvalue weighted by Gasteiger charge is -2.30. The summed E-state index contributed by atoms with van der Waals surface area (Å²) >= 11 is 0. The SMILES string of the molecule is COc1ccc(OCCC(=O)NC(CN2CCC(C)(C)C2)[C@@H](O)c2ccc3c(c2)OCCO3)cc1. The predicted octanol–water partition coefficient (Wildman–Crippen LogP) is 3.19. The van der Waals surface area contributed by atoms with Crippen LogP contribution < -0.4 is 24.3 Å². The maximum Gasteiger partial charge on any atom is 0.223 e. The molecule has 0 radical (unpaired) electrons. The number of hydrogen-bond acceptors (Lipinski definition) is 7. The van der Waals surface area contributed by atoms with Crippen molar-refractivity contribution < 1.29 is 28.8 Å². The van der Waals surface area contributed by atoms with Crippen LogP contribution in [0, 0.1) is 5.41 Å². The van der Waals surface area contributed by atoms with Crippen LogP contribution in [0.2, 0.25) is 0 Å². The molecule has 2 aliphatic heterocycles. The Labute approximate surface area is 207 Å². The van der Waals surface area contributed by atoms with Gasteiger partial charge in [0, 0.05) is 13.1 Å². The minimum Gasteiger partial charge on any atom is -0.497 e. The fourth-order valence-electron chi connectivity index (χ4n) is 4.57. The number of benzene rings is 2. The quantitative estimate of drug-likeness (QED) is 0.535. The summed E-state index contributed by atoms with van der Waals surface area (Å²) in [7, 11) is 1.61. The van der Waals surface area contributed by atoms with Gasteiger partial charge in [0.25, 0.3) is 0 Å². The van der Waals surface area contributed by atoms with Crippen molar-refractivity contribution in [3.8, 4) is 23.0 Å². The molecule has 35 heavy (non-hydrogen) atoms. The molecule has 2 aliphatic rings. The van der Waals surface area contributed by atoms with E-state index in [-0.39, 0.29) is 24.3 Å². The van der Waals surface area contributed by atoms with E-state index in [4.69, 9.17) is 18.9 Å². The maximum atomic E-state index is 12.8. The molecular weight excluding hydrogens is 448 g/mol. The van der Waals surface area contributed by atoms with E-state index in [1.165, 1.54) is 0 Å². The third-order valence-electron chi connectivity index (χ3n) is 6.50. The molecule has 1 fully saturated rings. The number of nitrogens with zero attached hydrogens (tertiary/aromatic N) is 1. The zero-order valence-electron chi connectivity index (χ0n) is 20.8. The van der Waals surface area contributed by atoms with Gasteiger partial charge in [0.2, 0.25) is 5.91 Å². The average molecular weight is 485 g/mol. The minimum atomic E-state index is -0.888. The van der Waals surface area contributed by atoms with Gasteiger partial charge in [-0.15, -0.1) is 0 Å². The van der Waals surface area contributed by atoms with Crippen LogP contribution in [0.5, 0.6) is 23.0 Å².